The molecule has 156 valence electrons. The number of rotatable bonds is 7. The lowest BCUT2D eigenvalue weighted by Gasteiger charge is -2.29. The third kappa shape index (κ3) is 5.14. The van der Waals surface area contributed by atoms with E-state index < -0.39 is 0 Å². The van der Waals surface area contributed by atoms with Crippen molar-refractivity contribution in [3.8, 4) is 0 Å². The zero-order chi connectivity index (χ0) is 20.1. The van der Waals surface area contributed by atoms with Gasteiger partial charge in [0.25, 0.3) is 0 Å². The number of benzene rings is 2. The van der Waals surface area contributed by atoms with E-state index in [0.29, 0.717) is 5.92 Å². The van der Waals surface area contributed by atoms with Crippen LogP contribution in [0, 0.1) is 5.92 Å². The summed E-state index contributed by atoms with van der Waals surface area (Å²) in [6.07, 6.45) is 16.1. The van der Waals surface area contributed by atoms with Crippen LogP contribution in [0.1, 0.15) is 111 Å². The monoisotopic (exact) mass is 388 g/mol. The van der Waals surface area contributed by atoms with Gasteiger partial charge in [0.2, 0.25) is 0 Å². The van der Waals surface area contributed by atoms with Gasteiger partial charge in [-0.1, -0.05) is 75.6 Å². The Balaban J connectivity index is 1.36. The van der Waals surface area contributed by atoms with Crippen LogP contribution in [0.15, 0.2) is 42.5 Å². The Labute approximate surface area is 179 Å². The molecular formula is C29H40. The molecule has 2 aliphatic rings. The Kier molecular flexibility index (Phi) is 7.11. The van der Waals surface area contributed by atoms with Crippen LogP contribution >= 0.6 is 0 Å². The molecule has 0 N–H and O–H groups in total. The van der Waals surface area contributed by atoms with E-state index in [2.05, 4.69) is 56.3 Å². The van der Waals surface area contributed by atoms with Gasteiger partial charge in [-0.3, -0.25) is 0 Å². The van der Waals surface area contributed by atoms with Gasteiger partial charge in [0.1, 0.15) is 0 Å². The van der Waals surface area contributed by atoms with Crippen molar-refractivity contribution >= 4 is 0 Å². The van der Waals surface area contributed by atoms with E-state index in [-0.39, 0.29) is 0 Å². The molecule has 29 heavy (non-hydrogen) atoms. The highest BCUT2D eigenvalue weighted by molar-refractivity contribution is 5.38. The van der Waals surface area contributed by atoms with Gasteiger partial charge < -0.3 is 0 Å². The Morgan fingerprint density at radius 1 is 0.724 bits per heavy atom. The minimum Gasteiger partial charge on any atom is -0.0654 e. The van der Waals surface area contributed by atoms with E-state index in [0.717, 1.165) is 11.8 Å². The van der Waals surface area contributed by atoms with Crippen molar-refractivity contribution in [2.24, 2.45) is 5.92 Å². The van der Waals surface area contributed by atoms with Crippen LogP contribution in [0.2, 0.25) is 0 Å². The molecule has 0 nitrogen and oxygen atoms in total. The first kappa shape index (κ1) is 20.7. The Hall–Kier alpha value is -1.56. The fourth-order valence-electron chi connectivity index (χ4n) is 5.86. The average molecular weight is 389 g/mol. The Bertz CT molecular complexity index is 761. The van der Waals surface area contributed by atoms with E-state index in [1.807, 2.05) is 0 Å². The number of hydrogen-bond donors (Lipinski definition) is 0. The van der Waals surface area contributed by atoms with Gasteiger partial charge in [-0.25, -0.2) is 0 Å². The van der Waals surface area contributed by atoms with Crippen LogP contribution < -0.4 is 0 Å². The van der Waals surface area contributed by atoms with Gasteiger partial charge in [0, 0.05) is 0 Å². The van der Waals surface area contributed by atoms with Crippen LogP contribution in [-0.2, 0) is 19.3 Å². The van der Waals surface area contributed by atoms with Crippen molar-refractivity contribution < 1.29 is 0 Å². The Morgan fingerprint density at radius 3 is 2.14 bits per heavy atom. The van der Waals surface area contributed by atoms with Gasteiger partial charge in [0.15, 0.2) is 0 Å². The fourth-order valence-corrected chi connectivity index (χ4v) is 5.86. The molecule has 0 heteroatoms. The van der Waals surface area contributed by atoms with Gasteiger partial charge in [-0.2, -0.15) is 0 Å². The molecule has 1 atom stereocenters. The highest BCUT2D eigenvalue weighted by Gasteiger charge is 2.23. The van der Waals surface area contributed by atoms with Crippen molar-refractivity contribution in [2.45, 2.75) is 103 Å². The summed E-state index contributed by atoms with van der Waals surface area (Å²) in [5, 5.41) is 0. The number of unbranched alkanes of at least 4 members (excludes halogenated alkanes) is 1. The van der Waals surface area contributed by atoms with Gasteiger partial charge in [-0.05, 0) is 103 Å². The SMILES string of the molecule is CCCCc1ccc2c(c1)CCC(c1ccc(C3CCC(CCC)CC3)cc1)C2. The highest BCUT2D eigenvalue weighted by atomic mass is 14.3. The third-order valence-electron chi connectivity index (χ3n) is 7.74. The number of hydrogen-bond acceptors (Lipinski definition) is 0. The van der Waals surface area contributed by atoms with E-state index in [1.165, 1.54) is 77.0 Å². The van der Waals surface area contributed by atoms with Crippen molar-refractivity contribution in [2.75, 3.05) is 0 Å². The maximum Gasteiger partial charge on any atom is -0.0118 e. The summed E-state index contributed by atoms with van der Waals surface area (Å²) in [6, 6.07) is 17.1. The van der Waals surface area contributed by atoms with E-state index in [4.69, 9.17) is 0 Å². The normalized spacial score (nSPS) is 24.3. The summed E-state index contributed by atoms with van der Waals surface area (Å²) in [7, 11) is 0. The molecule has 0 heterocycles. The maximum atomic E-state index is 2.50. The van der Waals surface area contributed by atoms with Crippen molar-refractivity contribution in [3.05, 3.63) is 70.3 Å². The summed E-state index contributed by atoms with van der Waals surface area (Å²) < 4.78 is 0. The maximum absolute atomic E-state index is 2.50. The minimum absolute atomic E-state index is 0.707. The molecule has 1 saturated carbocycles. The van der Waals surface area contributed by atoms with Crippen molar-refractivity contribution in [1.29, 1.82) is 0 Å². The molecule has 0 saturated heterocycles. The predicted octanol–water partition coefficient (Wildman–Crippen LogP) is 8.38. The molecule has 0 spiro atoms. The first-order valence-corrected chi connectivity index (χ1v) is 12.5. The molecule has 0 bridgehead atoms. The van der Waals surface area contributed by atoms with Crippen molar-refractivity contribution in [1.82, 2.24) is 0 Å². The van der Waals surface area contributed by atoms with Crippen LogP contribution in [0.25, 0.3) is 0 Å². The average Bonchev–Trinajstić information content (AvgIpc) is 2.78. The second kappa shape index (κ2) is 9.96. The summed E-state index contributed by atoms with van der Waals surface area (Å²) >= 11 is 0. The fraction of sp³-hybridized carbons (Fsp3) is 0.586. The van der Waals surface area contributed by atoms with Crippen LogP contribution in [0.3, 0.4) is 0 Å². The molecule has 4 rings (SSSR count). The van der Waals surface area contributed by atoms with E-state index in [9.17, 15) is 0 Å². The van der Waals surface area contributed by atoms with Crippen molar-refractivity contribution in [3.63, 3.8) is 0 Å². The van der Waals surface area contributed by atoms with E-state index in [1.54, 1.807) is 27.8 Å². The lowest BCUT2D eigenvalue weighted by molar-refractivity contribution is 0.308. The van der Waals surface area contributed by atoms with Gasteiger partial charge >= 0.3 is 0 Å². The van der Waals surface area contributed by atoms with E-state index >= 15 is 0 Å². The zero-order valence-electron chi connectivity index (χ0n) is 18.8. The molecule has 1 unspecified atom stereocenters. The molecule has 0 radical (unpaired) electrons. The molecular weight excluding hydrogens is 348 g/mol. The molecule has 1 fully saturated rings. The standard InChI is InChI=1S/C29H40/c1-3-5-7-23-10-13-29-21-28(19-18-27(29)20-23)26-16-14-25(15-17-26)24-11-8-22(6-4-2)9-12-24/h10,13-17,20,22,24,28H,3-9,11-12,18-19,21H2,1-2H3. The van der Waals surface area contributed by atoms with Gasteiger partial charge in [-0.15, -0.1) is 0 Å². The number of fused-ring (bicyclic) bond motifs is 1. The van der Waals surface area contributed by atoms with Gasteiger partial charge in [0.05, 0.1) is 0 Å². The summed E-state index contributed by atoms with van der Waals surface area (Å²) in [5.74, 6) is 2.52. The molecule has 0 aliphatic heterocycles. The molecule has 0 aromatic heterocycles. The molecule has 2 aromatic rings. The second-order valence-corrected chi connectivity index (χ2v) is 9.82. The predicted molar refractivity (Wildman–Crippen MR) is 126 cm³/mol. The summed E-state index contributed by atoms with van der Waals surface area (Å²) in [6.45, 7) is 4.62. The van der Waals surface area contributed by atoms with Crippen LogP contribution in [0.4, 0.5) is 0 Å². The first-order chi connectivity index (χ1) is 14.3. The zero-order valence-corrected chi connectivity index (χ0v) is 18.8. The lowest BCUT2D eigenvalue weighted by atomic mass is 9.76. The number of aryl methyl sites for hydroxylation is 2. The largest absolute Gasteiger partial charge is 0.0654 e. The minimum atomic E-state index is 0.707. The quantitative estimate of drug-likeness (QED) is 0.447. The molecule has 2 aromatic carbocycles. The molecule has 2 aliphatic carbocycles. The second-order valence-electron chi connectivity index (χ2n) is 9.82. The first-order valence-electron chi connectivity index (χ1n) is 12.5. The van der Waals surface area contributed by atoms with Crippen LogP contribution in [-0.4, -0.2) is 0 Å². The van der Waals surface area contributed by atoms with Crippen LogP contribution in [0.5, 0.6) is 0 Å². The Morgan fingerprint density at radius 2 is 1.45 bits per heavy atom. The molecule has 0 amide bonds. The highest BCUT2D eigenvalue weighted by Crippen LogP contribution is 2.39. The topological polar surface area (TPSA) is 0 Å². The summed E-state index contributed by atoms with van der Waals surface area (Å²) in [4.78, 5) is 0. The smallest absolute Gasteiger partial charge is 0.0118 e. The lowest BCUT2D eigenvalue weighted by Crippen LogP contribution is -2.14. The summed E-state index contributed by atoms with van der Waals surface area (Å²) in [5.41, 5.74) is 7.92. The third-order valence-corrected chi connectivity index (χ3v) is 7.74.